The molecule has 0 aliphatic carbocycles. The maximum absolute atomic E-state index is 11.3. The van der Waals surface area contributed by atoms with Crippen molar-refractivity contribution in [3.05, 3.63) is 84.7 Å². The average Bonchev–Trinajstić information content (AvgIpc) is 2.79. The van der Waals surface area contributed by atoms with E-state index in [-0.39, 0.29) is 5.91 Å². The summed E-state index contributed by atoms with van der Waals surface area (Å²) in [5, 5.41) is 10.2. The lowest BCUT2D eigenvalue weighted by molar-refractivity contribution is -0.114. The molecule has 0 saturated carbocycles. The van der Waals surface area contributed by atoms with Gasteiger partial charge in [0.05, 0.1) is 0 Å². The molecule has 3 aromatic rings. The van der Waals surface area contributed by atoms with Gasteiger partial charge in [-0.2, -0.15) is 0 Å². The minimum absolute atomic E-state index is 0.0937. The first-order chi connectivity index (χ1) is 15.9. The number of aromatic nitrogens is 2. The van der Waals surface area contributed by atoms with Crippen LogP contribution in [0.5, 0.6) is 0 Å². The van der Waals surface area contributed by atoms with Crippen LogP contribution in [-0.4, -0.2) is 22.4 Å². The number of allylic oxidation sites excluding steroid dienone is 2. The smallest absolute Gasteiger partial charge is 0.221 e. The van der Waals surface area contributed by atoms with Crippen molar-refractivity contribution in [1.29, 1.82) is 0 Å². The van der Waals surface area contributed by atoms with E-state index in [1.165, 1.54) is 18.7 Å². The number of benzene rings is 2. The molecule has 3 N–H and O–H groups in total. The van der Waals surface area contributed by atoms with Crippen molar-refractivity contribution < 1.29 is 4.79 Å². The highest BCUT2D eigenvalue weighted by Gasteiger charge is 2.09. The number of carbonyl (C=O) groups is 1. The van der Waals surface area contributed by atoms with Crippen LogP contribution in [0.3, 0.4) is 0 Å². The van der Waals surface area contributed by atoms with Gasteiger partial charge >= 0.3 is 0 Å². The van der Waals surface area contributed by atoms with E-state index >= 15 is 0 Å². The van der Waals surface area contributed by atoms with E-state index in [4.69, 9.17) is 9.97 Å². The van der Waals surface area contributed by atoms with Gasteiger partial charge in [0.1, 0.15) is 10.8 Å². The van der Waals surface area contributed by atoms with E-state index < -0.39 is 0 Å². The number of anilines is 2. The molecule has 0 aliphatic rings. The largest absolute Gasteiger partial charge is 0.389 e. The van der Waals surface area contributed by atoms with Crippen molar-refractivity contribution >= 4 is 29.2 Å². The summed E-state index contributed by atoms with van der Waals surface area (Å²) in [6, 6.07) is 19.5. The summed E-state index contributed by atoms with van der Waals surface area (Å²) >= 11 is 1.53. The maximum atomic E-state index is 11.3. The molecule has 0 saturated heterocycles. The molecule has 0 radical (unpaired) electrons. The highest BCUT2D eigenvalue weighted by molar-refractivity contribution is 7.99. The molecule has 3 rings (SSSR count). The third-order valence-corrected chi connectivity index (χ3v) is 5.39. The van der Waals surface area contributed by atoms with Gasteiger partial charge in [-0.1, -0.05) is 55.6 Å². The summed E-state index contributed by atoms with van der Waals surface area (Å²) in [7, 11) is 0. The van der Waals surface area contributed by atoms with E-state index in [0.717, 1.165) is 45.5 Å². The van der Waals surface area contributed by atoms with E-state index in [0.29, 0.717) is 11.6 Å². The van der Waals surface area contributed by atoms with Crippen LogP contribution in [0.4, 0.5) is 11.5 Å². The molecule has 1 amide bonds. The van der Waals surface area contributed by atoms with Crippen LogP contribution in [0.15, 0.2) is 94.6 Å². The Bertz CT molecular complexity index is 1130. The van der Waals surface area contributed by atoms with Crippen LogP contribution in [-0.2, 0) is 4.79 Å². The van der Waals surface area contributed by atoms with Crippen molar-refractivity contribution in [2.45, 2.75) is 37.1 Å². The fourth-order valence-corrected chi connectivity index (χ4v) is 3.84. The Morgan fingerprint density at radius 1 is 1.03 bits per heavy atom. The number of carbonyl (C=O) groups excluding carboxylic acids is 1. The molecule has 2 aromatic carbocycles. The van der Waals surface area contributed by atoms with Gasteiger partial charge in [0, 0.05) is 47.1 Å². The second-order valence-electron chi connectivity index (χ2n) is 7.49. The summed E-state index contributed by atoms with van der Waals surface area (Å²) in [6.45, 7) is 10.7. The fourth-order valence-electron chi connectivity index (χ4n) is 3.02. The SMILES string of the molecule is C=C(/C=C(/C)NCCC)Nc1cc(Sc2ccc(NC(C)=O)cc2)nc(-c2ccccc2)n1. The van der Waals surface area contributed by atoms with Crippen LogP contribution < -0.4 is 16.0 Å². The molecular weight excluding hydrogens is 430 g/mol. The molecule has 7 heteroatoms. The van der Waals surface area contributed by atoms with Gasteiger partial charge in [0.2, 0.25) is 5.91 Å². The first-order valence-corrected chi connectivity index (χ1v) is 11.6. The Kier molecular flexibility index (Phi) is 8.66. The van der Waals surface area contributed by atoms with Crippen molar-refractivity contribution in [2.24, 2.45) is 0 Å². The highest BCUT2D eigenvalue weighted by Crippen LogP contribution is 2.30. The van der Waals surface area contributed by atoms with Crippen LogP contribution in [0.25, 0.3) is 11.4 Å². The number of rotatable bonds is 10. The monoisotopic (exact) mass is 459 g/mol. The van der Waals surface area contributed by atoms with Gasteiger partial charge < -0.3 is 16.0 Å². The third-order valence-electron chi connectivity index (χ3n) is 4.46. The van der Waals surface area contributed by atoms with Crippen molar-refractivity contribution in [1.82, 2.24) is 15.3 Å². The van der Waals surface area contributed by atoms with Gasteiger partial charge in [-0.05, 0) is 43.7 Å². The zero-order chi connectivity index (χ0) is 23.6. The summed E-state index contributed by atoms with van der Waals surface area (Å²) in [5.41, 5.74) is 3.48. The van der Waals surface area contributed by atoms with Crippen LogP contribution in [0, 0.1) is 0 Å². The first-order valence-electron chi connectivity index (χ1n) is 10.8. The quantitative estimate of drug-likeness (QED) is 0.252. The molecule has 33 heavy (non-hydrogen) atoms. The van der Waals surface area contributed by atoms with Gasteiger partial charge in [-0.3, -0.25) is 4.79 Å². The summed E-state index contributed by atoms with van der Waals surface area (Å²) in [5.74, 6) is 1.21. The van der Waals surface area contributed by atoms with Crippen molar-refractivity contribution in [2.75, 3.05) is 17.2 Å². The lowest BCUT2D eigenvalue weighted by Crippen LogP contribution is -2.12. The zero-order valence-corrected chi connectivity index (χ0v) is 20.0. The molecule has 6 nitrogen and oxygen atoms in total. The Morgan fingerprint density at radius 3 is 2.42 bits per heavy atom. The lowest BCUT2D eigenvalue weighted by Gasteiger charge is -2.12. The van der Waals surface area contributed by atoms with Gasteiger partial charge in [-0.15, -0.1) is 0 Å². The Hall–Kier alpha value is -3.58. The summed E-state index contributed by atoms with van der Waals surface area (Å²) < 4.78 is 0. The molecule has 0 unspecified atom stereocenters. The molecule has 1 heterocycles. The Balaban J connectivity index is 1.85. The van der Waals surface area contributed by atoms with Crippen LogP contribution in [0.2, 0.25) is 0 Å². The second-order valence-corrected chi connectivity index (χ2v) is 8.59. The maximum Gasteiger partial charge on any atom is 0.221 e. The third kappa shape index (κ3) is 7.80. The van der Waals surface area contributed by atoms with Gasteiger partial charge in [-0.25, -0.2) is 9.97 Å². The number of nitrogens with zero attached hydrogens (tertiary/aromatic N) is 2. The van der Waals surface area contributed by atoms with Crippen molar-refractivity contribution in [3.63, 3.8) is 0 Å². The minimum Gasteiger partial charge on any atom is -0.389 e. The molecule has 0 atom stereocenters. The predicted molar refractivity (Wildman–Crippen MR) is 137 cm³/mol. The number of hydrogen-bond acceptors (Lipinski definition) is 6. The topological polar surface area (TPSA) is 78.9 Å². The average molecular weight is 460 g/mol. The molecule has 170 valence electrons. The van der Waals surface area contributed by atoms with E-state index in [2.05, 4.69) is 29.5 Å². The molecule has 0 aliphatic heterocycles. The predicted octanol–water partition coefficient (Wildman–Crippen LogP) is 6.08. The van der Waals surface area contributed by atoms with Crippen LogP contribution >= 0.6 is 11.8 Å². The lowest BCUT2D eigenvalue weighted by atomic mass is 10.2. The minimum atomic E-state index is -0.0937. The van der Waals surface area contributed by atoms with E-state index in [1.54, 1.807) is 0 Å². The zero-order valence-electron chi connectivity index (χ0n) is 19.2. The molecule has 0 fully saturated rings. The van der Waals surface area contributed by atoms with E-state index in [1.807, 2.05) is 73.7 Å². The molecule has 0 bridgehead atoms. The molecule has 0 spiro atoms. The van der Waals surface area contributed by atoms with Gasteiger partial charge in [0.25, 0.3) is 0 Å². The summed E-state index contributed by atoms with van der Waals surface area (Å²) in [6.07, 6.45) is 3.03. The summed E-state index contributed by atoms with van der Waals surface area (Å²) in [4.78, 5) is 21.7. The standard InChI is InChI=1S/C26H29N5OS/c1-5-15-27-18(2)16-19(3)28-24-17-25(31-26(30-24)21-9-7-6-8-10-21)33-23-13-11-22(12-14-23)29-20(4)32/h6-14,16-17,27H,3,5,15H2,1-2,4H3,(H,29,32)(H,28,30,31)/b18-16-. The Labute approximate surface area is 199 Å². The van der Waals surface area contributed by atoms with Crippen molar-refractivity contribution in [3.8, 4) is 11.4 Å². The molecular formula is C26H29N5OS. The number of nitrogens with one attached hydrogen (secondary N) is 3. The van der Waals surface area contributed by atoms with E-state index in [9.17, 15) is 4.79 Å². The van der Waals surface area contributed by atoms with Crippen LogP contribution in [0.1, 0.15) is 27.2 Å². The normalized spacial score (nSPS) is 11.1. The Morgan fingerprint density at radius 2 is 1.76 bits per heavy atom. The first kappa shape index (κ1) is 24.1. The number of amides is 1. The fraction of sp³-hybridized carbons (Fsp3) is 0.192. The van der Waals surface area contributed by atoms with Gasteiger partial charge in [0.15, 0.2) is 5.82 Å². The molecule has 1 aromatic heterocycles. The number of hydrogen-bond donors (Lipinski definition) is 3. The second kappa shape index (κ2) is 11.9. The highest BCUT2D eigenvalue weighted by atomic mass is 32.2.